The summed E-state index contributed by atoms with van der Waals surface area (Å²) in [4.78, 5) is 2.45. The average Bonchev–Trinajstić information content (AvgIpc) is 2.49. The van der Waals surface area contributed by atoms with Crippen LogP contribution in [0.5, 0.6) is 0 Å². The van der Waals surface area contributed by atoms with Crippen LogP contribution in [0.1, 0.15) is 25.3 Å². The number of hydrogen-bond acceptors (Lipinski definition) is 1. The maximum Gasteiger partial charge on any atom is 0.0366 e. The van der Waals surface area contributed by atoms with E-state index in [0.717, 1.165) is 13.1 Å². The maximum absolute atomic E-state index is 2.45. The van der Waals surface area contributed by atoms with Crippen molar-refractivity contribution >= 4 is 5.69 Å². The van der Waals surface area contributed by atoms with E-state index in [2.05, 4.69) is 72.5 Å². The van der Waals surface area contributed by atoms with Gasteiger partial charge < -0.3 is 4.90 Å². The normalized spacial score (nSPS) is 10.4. The van der Waals surface area contributed by atoms with Gasteiger partial charge in [0.15, 0.2) is 0 Å². The Hall–Kier alpha value is -1.76. The third-order valence-corrected chi connectivity index (χ3v) is 3.49. The molecule has 2 aromatic rings. The predicted octanol–water partition coefficient (Wildman–Crippen LogP) is 4.54. The largest absolute Gasteiger partial charge is 0.372 e. The Morgan fingerprint density at radius 1 is 0.789 bits per heavy atom. The highest BCUT2D eigenvalue weighted by Gasteiger charge is 2.02. The zero-order chi connectivity index (χ0) is 13.3. The zero-order valence-electron chi connectivity index (χ0n) is 11.8. The number of nitrogens with zero attached hydrogens (tertiary/aromatic N) is 1. The molecule has 0 N–H and O–H groups in total. The minimum absolute atomic E-state index is 1.08. The van der Waals surface area contributed by atoms with Gasteiger partial charge >= 0.3 is 0 Å². The van der Waals surface area contributed by atoms with Crippen LogP contribution in [0.4, 0.5) is 5.69 Å². The molecule has 0 fully saturated rings. The van der Waals surface area contributed by atoms with Gasteiger partial charge in [0.05, 0.1) is 0 Å². The standard InChI is InChI=1S/C18H23N/c1-2-19(18-14-7-4-8-15-18)16-10-9-13-17-11-5-3-6-12-17/h3-8,11-12,14-15H,2,9-10,13,16H2,1H3. The van der Waals surface area contributed by atoms with Crippen molar-refractivity contribution in [3.63, 3.8) is 0 Å². The molecule has 1 nitrogen and oxygen atoms in total. The lowest BCUT2D eigenvalue weighted by Crippen LogP contribution is -2.23. The summed E-state index contributed by atoms with van der Waals surface area (Å²) in [7, 11) is 0. The molecule has 2 aromatic carbocycles. The van der Waals surface area contributed by atoms with Crippen molar-refractivity contribution in [3.05, 3.63) is 66.2 Å². The van der Waals surface area contributed by atoms with E-state index in [1.807, 2.05) is 0 Å². The smallest absolute Gasteiger partial charge is 0.0366 e. The highest BCUT2D eigenvalue weighted by Crippen LogP contribution is 2.14. The van der Waals surface area contributed by atoms with Crippen molar-refractivity contribution in [2.24, 2.45) is 0 Å². The van der Waals surface area contributed by atoms with Gasteiger partial charge in [-0.1, -0.05) is 48.5 Å². The second-order valence-corrected chi connectivity index (χ2v) is 4.86. The molecule has 0 aromatic heterocycles. The summed E-state index contributed by atoms with van der Waals surface area (Å²) in [5.74, 6) is 0. The van der Waals surface area contributed by atoms with E-state index in [0.29, 0.717) is 0 Å². The molecule has 0 unspecified atom stereocenters. The molecule has 0 radical (unpaired) electrons. The first-order valence-corrected chi connectivity index (χ1v) is 7.24. The first kappa shape index (κ1) is 13.7. The summed E-state index contributed by atoms with van der Waals surface area (Å²) in [5, 5.41) is 0. The lowest BCUT2D eigenvalue weighted by molar-refractivity contribution is 0.696. The van der Waals surface area contributed by atoms with E-state index in [1.165, 1.54) is 30.5 Å². The number of para-hydroxylation sites is 1. The van der Waals surface area contributed by atoms with Crippen LogP contribution in [0.15, 0.2) is 60.7 Å². The van der Waals surface area contributed by atoms with Gasteiger partial charge in [-0.25, -0.2) is 0 Å². The van der Waals surface area contributed by atoms with Crippen LogP contribution in [0.3, 0.4) is 0 Å². The van der Waals surface area contributed by atoms with E-state index < -0.39 is 0 Å². The van der Waals surface area contributed by atoms with Crippen molar-refractivity contribution in [1.82, 2.24) is 0 Å². The van der Waals surface area contributed by atoms with Crippen LogP contribution in [-0.2, 0) is 6.42 Å². The van der Waals surface area contributed by atoms with Crippen LogP contribution in [0.2, 0.25) is 0 Å². The minimum Gasteiger partial charge on any atom is -0.372 e. The zero-order valence-corrected chi connectivity index (χ0v) is 11.8. The summed E-state index contributed by atoms with van der Waals surface area (Å²) in [6.45, 7) is 4.45. The quantitative estimate of drug-likeness (QED) is 0.655. The van der Waals surface area contributed by atoms with Crippen LogP contribution in [0.25, 0.3) is 0 Å². The second-order valence-electron chi connectivity index (χ2n) is 4.86. The predicted molar refractivity (Wildman–Crippen MR) is 83.7 cm³/mol. The number of unbranched alkanes of at least 4 members (excludes halogenated alkanes) is 1. The Morgan fingerprint density at radius 3 is 2.05 bits per heavy atom. The topological polar surface area (TPSA) is 3.24 Å². The van der Waals surface area contributed by atoms with Crippen LogP contribution in [-0.4, -0.2) is 13.1 Å². The Bertz CT molecular complexity index is 450. The Kier molecular flexibility index (Phi) is 5.49. The molecule has 1 heteroatoms. The molecule has 0 atom stereocenters. The van der Waals surface area contributed by atoms with Gasteiger partial charge in [-0.15, -0.1) is 0 Å². The molecule has 0 bridgehead atoms. The Morgan fingerprint density at radius 2 is 1.42 bits per heavy atom. The lowest BCUT2D eigenvalue weighted by Gasteiger charge is -2.23. The highest BCUT2D eigenvalue weighted by molar-refractivity contribution is 5.45. The van der Waals surface area contributed by atoms with Crippen molar-refractivity contribution in [3.8, 4) is 0 Å². The monoisotopic (exact) mass is 253 g/mol. The molecule has 100 valence electrons. The van der Waals surface area contributed by atoms with Gasteiger partial charge in [0.2, 0.25) is 0 Å². The lowest BCUT2D eigenvalue weighted by atomic mass is 10.1. The first-order valence-electron chi connectivity index (χ1n) is 7.24. The van der Waals surface area contributed by atoms with Gasteiger partial charge in [-0.05, 0) is 43.9 Å². The first-order chi connectivity index (χ1) is 9.40. The molecular formula is C18H23N. The van der Waals surface area contributed by atoms with Crippen molar-refractivity contribution in [2.45, 2.75) is 26.2 Å². The van der Waals surface area contributed by atoms with Crippen molar-refractivity contribution in [2.75, 3.05) is 18.0 Å². The SMILES string of the molecule is CCN(CCCCc1ccccc1)c1ccccc1. The maximum atomic E-state index is 2.45. The number of hydrogen-bond donors (Lipinski definition) is 0. The molecule has 0 aliphatic heterocycles. The fourth-order valence-electron chi connectivity index (χ4n) is 2.39. The summed E-state index contributed by atoms with van der Waals surface area (Å²) < 4.78 is 0. The van der Waals surface area contributed by atoms with Crippen LogP contribution < -0.4 is 4.90 Å². The van der Waals surface area contributed by atoms with E-state index in [4.69, 9.17) is 0 Å². The highest BCUT2D eigenvalue weighted by atomic mass is 15.1. The Labute approximate surface area is 116 Å². The minimum atomic E-state index is 1.08. The summed E-state index contributed by atoms with van der Waals surface area (Å²) in [5.41, 5.74) is 2.79. The number of benzene rings is 2. The van der Waals surface area contributed by atoms with E-state index in [9.17, 15) is 0 Å². The van der Waals surface area contributed by atoms with Gasteiger partial charge in [-0.3, -0.25) is 0 Å². The fourth-order valence-corrected chi connectivity index (χ4v) is 2.39. The molecule has 0 spiro atoms. The molecule has 0 aliphatic carbocycles. The molecule has 2 rings (SSSR count). The van der Waals surface area contributed by atoms with Gasteiger partial charge in [0, 0.05) is 18.8 Å². The third kappa shape index (κ3) is 4.44. The number of anilines is 1. The van der Waals surface area contributed by atoms with E-state index in [1.54, 1.807) is 0 Å². The molecule has 0 amide bonds. The molecule has 19 heavy (non-hydrogen) atoms. The molecular weight excluding hydrogens is 230 g/mol. The van der Waals surface area contributed by atoms with E-state index >= 15 is 0 Å². The fraction of sp³-hybridized carbons (Fsp3) is 0.333. The summed E-state index contributed by atoms with van der Waals surface area (Å²) >= 11 is 0. The van der Waals surface area contributed by atoms with Crippen LogP contribution in [0, 0.1) is 0 Å². The Balaban J connectivity index is 1.75. The average molecular weight is 253 g/mol. The summed E-state index contributed by atoms with van der Waals surface area (Å²) in [6.07, 6.45) is 3.69. The molecule has 0 heterocycles. The number of aryl methyl sites for hydroxylation is 1. The number of rotatable bonds is 7. The van der Waals surface area contributed by atoms with Gasteiger partial charge in [0.25, 0.3) is 0 Å². The third-order valence-electron chi connectivity index (χ3n) is 3.49. The van der Waals surface area contributed by atoms with Crippen molar-refractivity contribution in [1.29, 1.82) is 0 Å². The van der Waals surface area contributed by atoms with Crippen molar-refractivity contribution < 1.29 is 0 Å². The summed E-state index contributed by atoms with van der Waals surface area (Å²) in [6, 6.07) is 21.5. The van der Waals surface area contributed by atoms with E-state index in [-0.39, 0.29) is 0 Å². The molecule has 0 saturated carbocycles. The van der Waals surface area contributed by atoms with Gasteiger partial charge in [0.1, 0.15) is 0 Å². The van der Waals surface area contributed by atoms with Crippen LogP contribution >= 0.6 is 0 Å². The molecule has 0 saturated heterocycles. The van der Waals surface area contributed by atoms with Gasteiger partial charge in [-0.2, -0.15) is 0 Å². The second kappa shape index (κ2) is 7.63. The molecule has 0 aliphatic rings.